The van der Waals surface area contributed by atoms with Crippen LogP contribution < -0.4 is 0 Å². The highest BCUT2D eigenvalue weighted by molar-refractivity contribution is 7.92. The summed E-state index contributed by atoms with van der Waals surface area (Å²) in [7, 11) is -2.98. The van der Waals surface area contributed by atoms with Crippen molar-refractivity contribution in [3.63, 3.8) is 0 Å². The first-order valence-electron chi connectivity index (χ1n) is 7.05. The van der Waals surface area contributed by atoms with Crippen molar-refractivity contribution in [2.75, 3.05) is 19.0 Å². The Morgan fingerprint density at radius 3 is 2.11 bits per heavy atom. The molecule has 4 nitrogen and oxygen atoms in total. The van der Waals surface area contributed by atoms with Gasteiger partial charge in [0.2, 0.25) is 0 Å². The Morgan fingerprint density at radius 2 is 1.61 bits per heavy atom. The third-order valence-electron chi connectivity index (χ3n) is 3.40. The number of hydrogen-bond acceptors (Lipinski definition) is 4. The average molecular weight is 278 g/mol. The van der Waals surface area contributed by atoms with E-state index in [-0.39, 0.29) is 17.3 Å². The Kier molecular flexibility index (Phi) is 7.19. The van der Waals surface area contributed by atoms with Crippen molar-refractivity contribution in [3.05, 3.63) is 0 Å². The predicted molar refractivity (Wildman–Crippen MR) is 72.3 cm³/mol. The Hall–Kier alpha value is -0.130. The second-order valence-electron chi connectivity index (χ2n) is 4.76. The van der Waals surface area contributed by atoms with E-state index in [1.807, 2.05) is 13.8 Å². The van der Waals surface area contributed by atoms with Crippen LogP contribution in [0.1, 0.15) is 52.4 Å². The first-order valence-corrected chi connectivity index (χ1v) is 8.76. The van der Waals surface area contributed by atoms with E-state index < -0.39 is 9.84 Å². The largest absolute Gasteiger partial charge is 0.353 e. The van der Waals surface area contributed by atoms with Crippen molar-refractivity contribution >= 4 is 9.84 Å². The molecule has 0 radical (unpaired) electrons. The van der Waals surface area contributed by atoms with Crippen molar-refractivity contribution in [2.24, 2.45) is 0 Å². The van der Waals surface area contributed by atoms with Crippen LogP contribution in [-0.4, -0.2) is 38.9 Å². The molecule has 1 rings (SSSR count). The molecular weight excluding hydrogens is 252 g/mol. The Labute approximate surface area is 111 Å². The zero-order valence-corrected chi connectivity index (χ0v) is 12.4. The number of sulfone groups is 1. The van der Waals surface area contributed by atoms with Gasteiger partial charge in [-0.2, -0.15) is 0 Å². The summed E-state index contributed by atoms with van der Waals surface area (Å²) in [6.07, 6.45) is 4.99. The van der Waals surface area contributed by atoms with Crippen LogP contribution in [0.2, 0.25) is 0 Å². The van der Waals surface area contributed by atoms with Gasteiger partial charge in [-0.1, -0.05) is 19.3 Å². The molecule has 0 aromatic rings. The van der Waals surface area contributed by atoms with E-state index in [0.29, 0.717) is 19.6 Å². The van der Waals surface area contributed by atoms with Crippen molar-refractivity contribution in [2.45, 2.75) is 63.9 Å². The van der Waals surface area contributed by atoms with Gasteiger partial charge in [0.15, 0.2) is 16.1 Å². The second kappa shape index (κ2) is 8.12. The molecule has 0 unspecified atom stereocenters. The third-order valence-corrected chi connectivity index (χ3v) is 5.70. The lowest BCUT2D eigenvalue weighted by atomic mass is 10.0. The lowest BCUT2D eigenvalue weighted by Gasteiger charge is -2.23. The van der Waals surface area contributed by atoms with Crippen molar-refractivity contribution < 1.29 is 17.9 Å². The molecular formula is C13H26O4S. The highest BCUT2D eigenvalue weighted by Crippen LogP contribution is 2.25. The van der Waals surface area contributed by atoms with E-state index in [1.54, 1.807) is 0 Å². The molecule has 1 fully saturated rings. The fourth-order valence-electron chi connectivity index (χ4n) is 2.44. The zero-order valence-electron chi connectivity index (χ0n) is 11.6. The Bertz CT molecular complexity index is 301. The summed E-state index contributed by atoms with van der Waals surface area (Å²) >= 11 is 0. The number of rotatable bonds is 8. The molecule has 1 aliphatic carbocycles. The Morgan fingerprint density at radius 1 is 1.06 bits per heavy atom. The molecule has 0 aromatic heterocycles. The molecule has 1 saturated carbocycles. The van der Waals surface area contributed by atoms with Crippen LogP contribution >= 0.6 is 0 Å². The number of hydrogen-bond donors (Lipinski definition) is 0. The maximum Gasteiger partial charge on any atom is 0.158 e. The minimum absolute atomic E-state index is 0.129. The molecule has 18 heavy (non-hydrogen) atoms. The van der Waals surface area contributed by atoms with Crippen molar-refractivity contribution in [1.82, 2.24) is 0 Å². The van der Waals surface area contributed by atoms with Crippen LogP contribution in [0.5, 0.6) is 0 Å². The van der Waals surface area contributed by atoms with E-state index >= 15 is 0 Å². The minimum Gasteiger partial charge on any atom is -0.353 e. The summed E-state index contributed by atoms with van der Waals surface area (Å²) in [5, 5.41) is -0.129. The van der Waals surface area contributed by atoms with E-state index in [4.69, 9.17) is 9.47 Å². The second-order valence-corrected chi connectivity index (χ2v) is 7.16. The lowest BCUT2D eigenvalue weighted by molar-refractivity contribution is -0.136. The maximum atomic E-state index is 12.2. The first-order chi connectivity index (χ1) is 8.60. The fourth-order valence-corrected chi connectivity index (χ4v) is 4.34. The van der Waals surface area contributed by atoms with Gasteiger partial charge in [-0.05, 0) is 26.7 Å². The molecule has 0 saturated heterocycles. The molecule has 0 spiro atoms. The van der Waals surface area contributed by atoms with Gasteiger partial charge >= 0.3 is 0 Å². The summed E-state index contributed by atoms with van der Waals surface area (Å²) < 4.78 is 35.1. The quantitative estimate of drug-likeness (QED) is 0.640. The van der Waals surface area contributed by atoms with Crippen LogP contribution in [0.3, 0.4) is 0 Å². The van der Waals surface area contributed by atoms with E-state index in [1.165, 1.54) is 6.42 Å². The predicted octanol–water partition coefficient (Wildman–Crippen LogP) is 2.52. The van der Waals surface area contributed by atoms with Gasteiger partial charge in [-0.25, -0.2) is 8.42 Å². The standard InChI is InChI=1S/C13H26O4S/c1-3-16-13(17-4-2)10-11-18(14,15)12-8-6-5-7-9-12/h12-13H,3-11H2,1-2H3. The SMILES string of the molecule is CCOC(CCS(=O)(=O)C1CCCCC1)OCC. The smallest absolute Gasteiger partial charge is 0.158 e. The van der Waals surface area contributed by atoms with Gasteiger partial charge in [0.1, 0.15) is 0 Å². The normalized spacial score (nSPS) is 18.4. The molecule has 108 valence electrons. The highest BCUT2D eigenvalue weighted by Gasteiger charge is 2.27. The molecule has 1 aliphatic rings. The van der Waals surface area contributed by atoms with Gasteiger partial charge < -0.3 is 9.47 Å². The van der Waals surface area contributed by atoms with Gasteiger partial charge in [-0.15, -0.1) is 0 Å². The van der Waals surface area contributed by atoms with Crippen molar-refractivity contribution in [3.8, 4) is 0 Å². The van der Waals surface area contributed by atoms with E-state index in [0.717, 1.165) is 25.7 Å². The first kappa shape index (κ1) is 15.9. The molecule has 0 atom stereocenters. The molecule has 0 aliphatic heterocycles. The summed E-state index contributed by atoms with van der Waals surface area (Å²) in [6.45, 7) is 4.88. The van der Waals surface area contributed by atoms with E-state index in [2.05, 4.69) is 0 Å². The summed E-state index contributed by atoms with van der Waals surface area (Å²) in [5.74, 6) is 0.183. The van der Waals surface area contributed by atoms with Gasteiger partial charge in [-0.3, -0.25) is 0 Å². The third kappa shape index (κ3) is 5.24. The molecule has 0 N–H and O–H groups in total. The zero-order chi connectivity index (χ0) is 13.4. The molecule has 0 amide bonds. The number of ether oxygens (including phenoxy) is 2. The van der Waals surface area contributed by atoms with Gasteiger partial charge in [0, 0.05) is 19.6 Å². The molecule has 0 aromatic carbocycles. The molecule has 0 bridgehead atoms. The van der Waals surface area contributed by atoms with Crippen molar-refractivity contribution in [1.29, 1.82) is 0 Å². The van der Waals surface area contributed by atoms with Gasteiger partial charge in [0.05, 0.1) is 11.0 Å². The summed E-state index contributed by atoms with van der Waals surface area (Å²) in [4.78, 5) is 0. The average Bonchev–Trinajstić information content (AvgIpc) is 2.38. The monoisotopic (exact) mass is 278 g/mol. The van der Waals surface area contributed by atoms with Gasteiger partial charge in [0.25, 0.3) is 0 Å². The Balaban J connectivity index is 2.43. The van der Waals surface area contributed by atoms with Crippen LogP contribution in [0.15, 0.2) is 0 Å². The molecule has 5 heteroatoms. The van der Waals surface area contributed by atoms with E-state index in [9.17, 15) is 8.42 Å². The van der Waals surface area contributed by atoms with Crippen LogP contribution in [-0.2, 0) is 19.3 Å². The maximum absolute atomic E-state index is 12.2. The molecule has 0 heterocycles. The summed E-state index contributed by atoms with van der Waals surface area (Å²) in [5.41, 5.74) is 0. The van der Waals surface area contributed by atoms with Crippen LogP contribution in [0, 0.1) is 0 Å². The van der Waals surface area contributed by atoms with Crippen LogP contribution in [0.25, 0.3) is 0 Å². The summed E-state index contributed by atoms with van der Waals surface area (Å²) in [6, 6.07) is 0. The fraction of sp³-hybridized carbons (Fsp3) is 1.00. The minimum atomic E-state index is -2.98. The lowest BCUT2D eigenvalue weighted by Crippen LogP contribution is -2.29. The van der Waals surface area contributed by atoms with Crippen LogP contribution in [0.4, 0.5) is 0 Å². The highest BCUT2D eigenvalue weighted by atomic mass is 32.2. The topological polar surface area (TPSA) is 52.6 Å².